The van der Waals surface area contributed by atoms with Gasteiger partial charge in [-0.25, -0.2) is 0 Å². The molecule has 2 aromatic carbocycles. The molecule has 0 aliphatic rings. The molecule has 0 N–H and O–H groups in total. The van der Waals surface area contributed by atoms with Crippen LogP contribution in [0.2, 0.25) is 0 Å². The number of para-hydroxylation sites is 1. The van der Waals surface area contributed by atoms with Gasteiger partial charge in [-0.2, -0.15) is 29.8 Å². The van der Waals surface area contributed by atoms with E-state index in [-0.39, 0.29) is 45.4 Å². The van der Waals surface area contributed by atoms with E-state index >= 15 is 0 Å². The van der Waals surface area contributed by atoms with Crippen LogP contribution in [0.25, 0.3) is 0 Å². The molecule has 0 atom stereocenters. The quantitative estimate of drug-likeness (QED) is 0.587. The molecule has 0 aliphatic heterocycles. The van der Waals surface area contributed by atoms with E-state index in [1.807, 2.05) is 12.1 Å². The molecule has 0 saturated heterocycles. The Labute approximate surface area is 155 Å². The zero-order valence-electron chi connectivity index (χ0n) is 13.4. The normalized spacial score (nSPS) is 10.3. The van der Waals surface area contributed by atoms with Crippen molar-refractivity contribution in [3.8, 4) is 0 Å². The van der Waals surface area contributed by atoms with Crippen molar-refractivity contribution in [1.29, 1.82) is 0 Å². The number of benzene rings is 2. The Morgan fingerprint density at radius 2 is 1.67 bits per heavy atom. The molecule has 2 aromatic rings. The van der Waals surface area contributed by atoms with Crippen molar-refractivity contribution in [1.82, 2.24) is 0 Å². The topological polar surface area (TPSA) is 3.24 Å². The van der Waals surface area contributed by atoms with Gasteiger partial charge in [-0.05, 0) is 17.5 Å². The molecule has 108 valence electrons. The van der Waals surface area contributed by atoms with Crippen LogP contribution in [0.1, 0.15) is 31.9 Å². The van der Waals surface area contributed by atoms with Gasteiger partial charge in [0.1, 0.15) is 0 Å². The summed E-state index contributed by atoms with van der Waals surface area (Å²) in [5.74, 6) is 0. The molecule has 0 aliphatic carbocycles. The predicted octanol–water partition coefficient (Wildman–Crippen LogP) is 1.04. The van der Waals surface area contributed by atoms with E-state index in [1.54, 1.807) is 0 Å². The van der Waals surface area contributed by atoms with E-state index in [9.17, 15) is 0 Å². The van der Waals surface area contributed by atoms with Crippen molar-refractivity contribution >= 4 is 28.7 Å². The molecule has 0 radical (unpaired) electrons. The first-order chi connectivity index (χ1) is 8.97. The first kappa shape index (κ1) is 20.5. The summed E-state index contributed by atoms with van der Waals surface area (Å²) >= 11 is 0. The Balaban J connectivity index is 0.00000200. The number of hydrogen-bond donors (Lipinski definition) is 0. The Bertz CT molecular complexity index is 534. The van der Waals surface area contributed by atoms with Crippen LogP contribution in [0.5, 0.6) is 0 Å². The van der Waals surface area contributed by atoms with Crippen molar-refractivity contribution in [3.63, 3.8) is 0 Å². The van der Waals surface area contributed by atoms with Gasteiger partial charge >= 0.3 is 23.1 Å². The van der Waals surface area contributed by atoms with Gasteiger partial charge in [-0.1, -0.05) is 39.0 Å². The van der Waals surface area contributed by atoms with Crippen LogP contribution in [0.15, 0.2) is 48.5 Å². The van der Waals surface area contributed by atoms with Gasteiger partial charge < -0.3 is 21.9 Å². The van der Waals surface area contributed by atoms with Crippen molar-refractivity contribution in [2.45, 2.75) is 32.7 Å². The van der Waals surface area contributed by atoms with Gasteiger partial charge in [0.2, 0.25) is 0 Å². The minimum absolute atomic E-state index is 0. The number of nitrogens with zero attached hydrogens (tertiary/aromatic N) is 1. The largest absolute Gasteiger partial charge is 2.00 e. The number of halogens is 1. The fourth-order valence-electron chi connectivity index (χ4n) is 2.10. The van der Waals surface area contributed by atoms with Crippen LogP contribution in [-0.2, 0) is 12.0 Å². The van der Waals surface area contributed by atoms with E-state index in [0.29, 0.717) is 0 Å². The Morgan fingerprint density at radius 1 is 1.05 bits per heavy atom. The minimum atomic E-state index is 0. The maximum absolute atomic E-state index is 3.34. The van der Waals surface area contributed by atoms with Crippen LogP contribution in [-0.4, -0.2) is 30.1 Å². The molecular weight excluding hydrogens is 334 g/mol. The molecule has 0 heterocycles. The van der Waals surface area contributed by atoms with Crippen molar-refractivity contribution in [3.05, 3.63) is 65.7 Å². The Morgan fingerprint density at radius 3 is 2.24 bits per heavy atom. The number of rotatable bonds is 3. The van der Waals surface area contributed by atoms with Crippen molar-refractivity contribution in [2.24, 2.45) is 0 Å². The monoisotopic (exact) mass is 355 g/mol. The fourth-order valence-corrected chi connectivity index (χ4v) is 2.10. The van der Waals surface area contributed by atoms with E-state index < -0.39 is 0 Å². The summed E-state index contributed by atoms with van der Waals surface area (Å²) in [4.78, 5) is 2.25. The van der Waals surface area contributed by atoms with Crippen LogP contribution in [0, 0.1) is 6.07 Å². The molecule has 0 spiro atoms. The summed E-state index contributed by atoms with van der Waals surface area (Å²) in [5, 5.41) is 0. The minimum Gasteiger partial charge on any atom is -1.00 e. The van der Waals surface area contributed by atoms with Crippen LogP contribution < -0.4 is 21.9 Å². The van der Waals surface area contributed by atoms with E-state index in [1.165, 1.54) is 16.8 Å². The van der Waals surface area contributed by atoms with Crippen LogP contribution >= 0.6 is 0 Å². The molecule has 0 saturated carbocycles. The van der Waals surface area contributed by atoms with Gasteiger partial charge in [-0.3, -0.25) is 0 Å². The molecule has 2 rings (SSSR count). The summed E-state index contributed by atoms with van der Waals surface area (Å²) in [6.45, 7) is 7.61. The average Bonchev–Trinajstić information content (AvgIpc) is 2.39. The van der Waals surface area contributed by atoms with Gasteiger partial charge in [0, 0.05) is 19.3 Å². The zero-order valence-corrected chi connectivity index (χ0v) is 16.4. The standard InChI is InChI=1S/C18H22N.BrH.Mg/c1-18(2,3)16-10-8-9-15(13-16)14-19(4)17-11-6-5-7-12-17;;/h5-8,10-13H,14H2,1-4H3;1H;/q-1;;+2/p-1. The van der Waals surface area contributed by atoms with E-state index in [4.69, 9.17) is 0 Å². The molecule has 21 heavy (non-hydrogen) atoms. The van der Waals surface area contributed by atoms with Crippen molar-refractivity contribution < 1.29 is 17.0 Å². The predicted molar refractivity (Wildman–Crippen MR) is 88.3 cm³/mol. The third-order valence-electron chi connectivity index (χ3n) is 3.33. The van der Waals surface area contributed by atoms with Gasteiger partial charge in [0.05, 0.1) is 0 Å². The Hall–Kier alpha value is -0.514. The van der Waals surface area contributed by atoms with Gasteiger partial charge in [0.15, 0.2) is 0 Å². The average molecular weight is 357 g/mol. The Kier molecular flexibility index (Phi) is 8.60. The summed E-state index contributed by atoms with van der Waals surface area (Å²) in [5.41, 5.74) is 4.02. The van der Waals surface area contributed by atoms with Gasteiger partial charge in [-0.15, -0.1) is 5.56 Å². The summed E-state index contributed by atoms with van der Waals surface area (Å²) < 4.78 is 0. The maximum atomic E-state index is 3.34. The maximum Gasteiger partial charge on any atom is 2.00 e. The molecule has 3 heteroatoms. The first-order valence-corrected chi connectivity index (χ1v) is 6.74. The number of anilines is 1. The van der Waals surface area contributed by atoms with Gasteiger partial charge in [0.25, 0.3) is 0 Å². The second-order valence-electron chi connectivity index (χ2n) is 6.04. The SMILES string of the molecule is CN(Cc1[c-]ccc(C(C)(C)C)c1)c1ccccc1.[Br-].[Mg+2]. The van der Waals surface area contributed by atoms with Crippen molar-refractivity contribution in [2.75, 3.05) is 11.9 Å². The molecule has 0 bridgehead atoms. The van der Waals surface area contributed by atoms with Crippen LogP contribution in [0.4, 0.5) is 5.69 Å². The summed E-state index contributed by atoms with van der Waals surface area (Å²) in [6.07, 6.45) is 0. The molecule has 0 amide bonds. The number of hydrogen-bond acceptors (Lipinski definition) is 1. The van der Waals surface area contributed by atoms with E-state index in [0.717, 1.165) is 6.54 Å². The molecule has 1 nitrogen and oxygen atoms in total. The molecule has 0 unspecified atom stereocenters. The third kappa shape index (κ3) is 6.01. The fraction of sp³-hybridized carbons (Fsp3) is 0.333. The summed E-state index contributed by atoms with van der Waals surface area (Å²) in [6, 6.07) is 20.2. The molecular formula is C18H22BrMgN. The second-order valence-corrected chi connectivity index (χ2v) is 6.04. The smallest absolute Gasteiger partial charge is 1.00 e. The first-order valence-electron chi connectivity index (χ1n) is 6.74. The van der Waals surface area contributed by atoms with E-state index in [2.05, 4.69) is 75.2 Å². The molecule has 0 aromatic heterocycles. The summed E-state index contributed by atoms with van der Waals surface area (Å²) in [7, 11) is 2.12. The third-order valence-corrected chi connectivity index (χ3v) is 3.33. The second kappa shape index (κ2) is 8.81. The zero-order chi connectivity index (χ0) is 13.9. The van der Waals surface area contributed by atoms with Crippen LogP contribution in [0.3, 0.4) is 0 Å². The molecule has 0 fully saturated rings.